The number of halogens is 1. The van der Waals surface area contributed by atoms with E-state index in [4.69, 9.17) is 11.6 Å². The third-order valence-electron chi connectivity index (χ3n) is 2.25. The molecular weight excluding hydrogens is 288 g/mol. The number of hydrogen-bond acceptors (Lipinski definition) is 6. The van der Waals surface area contributed by atoms with E-state index < -0.39 is 9.84 Å². The van der Waals surface area contributed by atoms with Crippen molar-refractivity contribution in [2.24, 2.45) is 0 Å². The third-order valence-corrected chi connectivity index (χ3v) is 3.58. The van der Waals surface area contributed by atoms with Crippen LogP contribution in [0.1, 0.15) is 5.82 Å². The monoisotopic (exact) mass is 298 g/mol. The molecule has 1 heterocycles. The molecule has 1 aromatic heterocycles. The Morgan fingerprint density at radius 2 is 1.84 bits per heavy atom. The Morgan fingerprint density at radius 3 is 2.47 bits per heavy atom. The Labute approximate surface area is 115 Å². The van der Waals surface area contributed by atoms with Crippen molar-refractivity contribution in [3.8, 4) is 0 Å². The largest absolute Gasteiger partial charge is 0.323 e. The van der Waals surface area contributed by atoms with Gasteiger partial charge in [0.25, 0.3) is 0 Å². The van der Waals surface area contributed by atoms with Gasteiger partial charge >= 0.3 is 0 Å². The van der Waals surface area contributed by atoms with E-state index in [-0.39, 0.29) is 16.1 Å². The highest BCUT2D eigenvalue weighted by Gasteiger charge is 2.13. The summed E-state index contributed by atoms with van der Waals surface area (Å²) in [6, 6.07) is 6.50. The molecule has 0 unspecified atom stereocenters. The molecule has 0 saturated heterocycles. The number of para-hydroxylation sites is 1. The molecule has 0 radical (unpaired) electrons. The van der Waals surface area contributed by atoms with Gasteiger partial charge in [0.05, 0.1) is 10.6 Å². The van der Waals surface area contributed by atoms with E-state index in [1.165, 1.54) is 6.07 Å². The number of aromatic nitrogens is 3. The zero-order valence-corrected chi connectivity index (χ0v) is 11.8. The summed E-state index contributed by atoms with van der Waals surface area (Å²) in [6.07, 6.45) is 1.14. The molecule has 0 aliphatic rings. The van der Waals surface area contributed by atoms with E-state index in [9.17, 15) is 8.42 Å². The molecule has 0 amide bonds. The summed E-state index contributed by atoms with van der Waals surface area (Å²) >= 11 is 5.73. The van der Waals surface area contributed by atoms with Gasteiger partial charge in [-0.25, -0.2) is 13.4 Å². The number of sulfone groups is 1. The molecule has 0 bridgehead atoms. The van der Waals surface area contributed by atoms with Crippen LogP contribution < -0.4 is 5.32 Å². The molecule has 0 spiro atoms. The average molecular weight is 299 g/mol. The normalized spacial score (nSPS) is 11.3. The van der Waals surface area contributed by atoms with Crippen LogP contribution in [0.4, 0.5) is 11.6 Å². The highest BCUT2D eigenvalue weighted by molar-refractivity contribution is 7.90. The van der Waals surface area contributed by atoms with Crippen LogP contribution in [-0.4, -0.2) is 29.6 Å². The number of aryl methyl sites for hydroxylation is 1. The standard InChI is InChI=1S/C11H11ClN4O2S/c1-7-13-10(12)16-11(14-7)15-8-5-3-4-6-9(8)19(2,17)18/h3-6H,1-2H3,(H,13,14,15,16). The van der Waals surface area contributed by atoms with Gasteiger partial charge in [-0.15, -0.1) is 0 Å². The van der Waals surface area contributed by atoms with E-state index in [1.54, 1.807) is 25.1 Å². The van der Waals surface area contributed by atoms with Crippen molar-refractivity contribution in [2.75, 3.05) is 11.6 Å². The molecule has 1 N–H and O–H groups in total. The molecule has 6 nitrogen and oxygen atoms in total. The first-order chi connectivity index (χ1) is 8.86. The Balaban J connectivity index is 2.44. The quantitative estimate of drug-likeness (QED) is 0.932. The Hall–Kier alpha value is -1.73. The van der Waals surface area contributed by atoms with Crippen molar-refractivity contribution in [2.45, 2.75) is 11.8 Å². The van der Waals surface area contributed by atoms with Gasteiger partial charge in [-0.3, -0.25) is 0 Å². The van der Waals surface area contributed by atoms with E-state index in [0.29, 0.717) is 11.5 Å². The molecule has 2 rings (SSSR count). The first-order valence-electron chi connectivity index (χ1n) is 5.30. The first kappa shape index (κ1) is 13.7. The lowest BCUT2D eigenvalue weighted by atomic mass is 10.3. The predicted octanol–water partition coefficient (Wildman–Crippen LogP) is 1.98. The summed E-state index contributed by atoms with van der Waals surface area (Å²) in [4.78, 5) is 11.9. The molecule has 0 aliphatic carbocycles. The van der Waals surface area contributed by atoms with Crippen molar-refractivity contribution in [3.05, 3.63) is 35.4 Å². The summed E-state index contributed by atoms with van der Waals surface area (Å²) in [5.74, 6) is 0.646. The lowest BCUT2D eigenvalue weighted by molar-refractivity contribution is 0.602. The number of nitrogens with zero attached hydrogens (tertiary/aromatic N) is 3. The number of rotatable bonds is 3. The maximum absolute atomic E-state index is 11.7. The van der Waals surface area contributed by atoms with Crippen molar-refractivity contribution in [1.29, 1.82) is 0 Å². The molecule has 0 fully saturated rings. The second-order valence-corrected chi connectivity index (χ2v) is 6.19. The van der Waals surface area contributed by atoms with Gasteiger partial charge in [-0.05, 0) is 30.7 Å². The van der Waals surface area contributed by atoms with Gasteiger partial charge in [-0.2, -0.15) is 9.97 Å². The number of anilines is 2. The Morgan fingerprint density at radius 1 is 1.16 bits per heavy atom. The van der Waals surface area contributed by atoms with Crippen molar-refractivity contribution in [1.82, 2.24) is 15.0 Å². The molecule has 2 aromatic rings. The first-order valence-corrected chi connectivity index (χ1v) is 7.57. The zero-order valence-electron chi connectivity index (χ0n) is 10.3. The zero-order chi connectivity index (χ0) is 14.0. The van der Waals surface area contributed by atoms with Crippen LogP contribution in [0.25, 0.3) is 0 Å². The van der Waals surface area contributed by atoms with Crippen LogP contribution in [0.2, 0.25) is 5.28 Å². The van der Waals surface area contributed by atoms with E-state index in [1.807, 2.05) is 0 Å². The maximum Gasteiger partial charge on any atom is 0.231 e. The van der Waals surface area contributed by atoms with Crippen molar-refractivity contribution < 1.29 is 8.42 Å². The fourth-order valence-corrected chi connectivity index (χ4v) is 2.57. The summed E-state index contributed by atoms with van der Waals surface area (Å²) in [5.41, 5.74) is 0.395. The second-order valence-electron chi connectivity index (χ2n) is 3.87. The topological polar surface area (TPSA) is 84.8 Å². The average Bonchev–Trinajstić information content (AvgIpc) is 2.26. The fourth-order valence-electron chi connectivity index (χ4n) is 1.52. The minimum atomic E-state index is -3.34. The Kier molecular flexibility index (Phi) is 3.68. The van der Waals surface area contributed by atoms with Crippen molar-refractivity contribution in [3.63, 3.8) is 0 Å². The van der Waals surface area contributed by atoms with Crippen LogP contribution in [0, 0.1) is 6.92 Å². The number of hydrogen-bond donors (Lipinski definition) is 1. The highest BCUT2D eigenvalue weighted by atomic mass is 35.5. The third kappa shape index (κ3) is 3.39. The van der Waals surface area contributed by atoms with Gasteiger partial charge in [0.1, 0.15) is 5.82 Å². The molecule has 0 aliphatic heterocycles. The van der Waals surface area contributed by atoms with Crippen LogP contribution in [0.5, 0.6) is 0 Å². The molecule has 19 heavy (non-hydrogen) atoms. The van der Waals surface area contributed by atoms with E-state index in [2.05, 4.69) is 20.3 Å². The van der Waals surface area contributed by atoms with Gasteiger partial charge in [0, 0.05) is 6.26 Å². The molecule has 1 aromatic carbocycles. The predicted molar refractivity (Wildman–Crippen MR) is 72.4 cm³/mol. The second kappa shape index (κ2) is 5.10. The maximum atomic E-state index is 11.7. The minimum absolute atomic E-state index is 0.0480. The van der Waals surface area contributed by atoms with Gasteiger partial charge in [-0.1, -0.05) is 12.1 Å². The number of benzene rings is 1. The van der Waals surface area contributed by atoms with E-state index in [0.717, 1.165) is 6.26 Å². The Bertz CT molecular complexity index is 698. The number of nitrogens with one attached hydrogen (secondary N) is 1. The minimum Gasteiger partial charge on any atom is -0.323 e. The van der Waals surface area contributed by atoms with Crippen LogP contribution >= 0.6 is 11.6 Å². The van der Waals surface area contributed by atoms with Crippen molar-refractivity contribution >= 4 is 33.1 Å². The SMILES string of the molecule is Cc1nc(Cl)nc(Nc2ccccc2S(C)(=O)=O)n1. The summed E-state index contributed by atoms with van der Waals surface area (Å²) in [6.45, 7) is 1.67. The summed E-state index contributed by atoms with van der Waals surface area (Å²) in [5, 5.41) is 2.88. The molecule has 0 atom stereocenters. The fraction of sp³-hybridized carbons (Fsp3) is 0.182. The smallest absolute Gasteiger partial charge is 0.231 e. The lowest BCUT2D eigenvalue weighted by Crippen LogP contribution is -2.06. The van der Waals surface area contributed by atoms with Crippen LogP contribution in [0.15, 0.2) is 29.2 Å². The molecular formula is C11H11ClN4O2S. The highest BCUT2D eigenvalue weighted by Crippen LogP contribution is 2.23. The lowest BCUT2D eigenvalue weighted by Gasteiger charge is -2.09. The van der Waals surface area contributed by atoms with Crippen LogP contribution in [-0.2, 0) is 9.84 Å². The van der Waals surface area contributed by atoms with Gasteiger partial charge in [0.15, 0.2) is 9.84 Å². The van der Waals surface area contributed by atoms with Crippen LogP contribution in [0.3, 0.4) is 0 Å². The summed E-state index contributed by atoms with van der Waals surface area (Å²) in [7, 11) is -3.34. The van der Waals surface area contributed by atoms with Gasteiger partial charge in [0.2, 0.25) is 11.2 Å². The van der Waals surface area contributed by atoms with Gasteiger partial charge < -0.3 is 5.32 Å². The summed E-state index contributed by atoms with van der Waals surface area (Å²) < 4.78 is 23.3. The molecule has 0 saturated carbocycles. The van der Waals surface area contributed by atoms with E-state index >= 15 is 0 Å². The molecule has 8 heteroatoms. The molecule has 100 valence electrons.